The Morgan fingerprint density at radius 1 is 1.60 bits per heavy atom. The lowest BCUT2D eigenvalue weighted by atomic mass is 10.1. The number of benzene rings is 1. The molecule has 0 bridgehead atoms. The van der Waals surface area contributed by atoms with Gasteiger partial charge in [0, 0.05) is 6.54 Å². The summed E-state index contributed by atoms with van der Waals surface area (Å²) in [4.78, 5) is 21.0. The average molecular weight is 282 g/mol. The predicted molar refractivity (Wildman–Crippen MR) is 70.4 cm³/mol. The SMILES string of the molecule is CC(CNc1cc(C(=O)O)c(F)cc1[N+](=O)[O-])C1CC1. The molecule has 20 heavy (non-hydrogen) atoms. The Morgan fingerprint density at radius 2 is 2.25 bits per heavy atom. The van der Waals surface area contributed by atoms with E-state index in [4.69, 9.17) is 5.11 Å². The van der Waals surface area contributed by atoms with Gasteiger partial charge in [0.2, 0.25) is 0 Å². The zero-order valence-electron chi connectivity index (χ0n) is 10.9. The Morgan fingerprint density at radius 3 is 2.75 bits per heavy atom. The number of halogens is 1. The highest BCUT2D eigenvalue weighted by atomic mass is 19.1. The number of carboxylic acids is 1. The molecule has 6 nitrogen and oxygen atoms in total. The largest absolute Gasteiger partial charge is 0.478 e. The molecule has 1 aliphatic carbocycles. The first-order valence-electron chi connectivity index (χ1n) is 6.35. The van der Waals surface area contributed by atoms with Gasteiger partial charge in [-0.1, -0.05) is 6.92 Å². The number of nitrogens with one attached hydrogen (secondary N) is 1. The van der Waals surface area contributed by atoms with Crippen molar-refractivity contribution in [2.45, 2.75) is 19.8 Å². The Hall–Kier alpha value is -2.18. The molecular weight excluding hydrogens is 267 g/mol. The fourth-order valence-corrected chi connectivity index (χ4v) is 2.12. The van der Waals surface area contributed by atoms with E-state index in [2.05, 4.69) is 5.32 Å². The minimum Gasteiger partial charge on any atom is -0.478 e. The van der Waals surface area contributed by atoms with Gasteiger partial charge in [0.25, 0.3) is 5.69 Å². The third kappa shape index (κ3) is 3.04. The van der Waals surface area contributed by atoms with Gasteiger partial charge in [-0.2, -0.15) is 0 Å². The molecule has 1 unspecified atom stereocenters. The summed E-state index contributed by atoms with van der Waals surface area (Å²) in [6.07, 6.45) is 2.30. The fraction of sp³-hybridized carbons (Fsp3) is 0.462. The minimum absolute atomic E-state index is 0.0429. The van der Waals surface area contributed by atoms with Crippen molar-refractivity contribution in [1.29, 1.82) is 0 Å². The molecule has 7 heteroatoms. The van der Waals surface area contributed by atoms with Gasteiger partial charge in [-0.25, -0.2) is 9.18 Å². The van der Waals surface area contributed by atoms with Crippen LogP contribution in [0.5, 0.6) is 0 Å². The zero-order valence-corrected chi connectivity index (χ0v) is 10.9. The number of hydrogen-bond acceptors (Lipinski definition) is 4. The standard InChI is InChI=1S/C13H15FN2O4/c1-7(8-2-3-8)6-15-11-4-9(13(17)18)10(14)5-12(11)16(19)20/h4-5,7-8,15H,2-3,6H2,1H3,(H,17,18). The van der Waals surface area contributed by atoms with Gasteiger partial charge in [-0.05, 0) is 30.7 Å². The van der Waals surface area contributed by atoms with Gasteiger partial charge in [0.05, 0.1) is 16.6 Å². The summed E-state index contributed by atoms with van der Waals surface area (Å²) in [5.74, 6) is -1.60. The smallest absolute Gasteiger partial charge is 0.338 e. The number of nitro benzene ring substituents is 1. The van der Waals surface area contributed by atoms with Crippen molar-refractivity contribution in [3.8, 4) is 0 Å². The summed E-state index contributed by atoms with van der Waals surface area (Å²) in [7, 11) is 0. The van der Waals surface area contributed by atoms with E-state index in [1.807, 2.05) is 6.92 Å². The molecule has 0 saturated heterocycles. The summed E-state index contributed by atoms with van der Waals surface area (Å²) >= 11 is 0. The molecule has 1 aliphatic rings. The second-order valence-electron chi connectivity index (χ2n) is 5.11. The first-order valence-corrected chi connectivity index (χ1v) is 6.35. The van der Waals surface area contributed by atoms with E-state index in [9.17, 15) is 19.3 Å². The number of nitrogens with zero attached hydrogens (tertiary/aromatic N) is 1. The lowest BCUT2D eigenvalue weighted by Gasteiger charge is -2.13. The highest BCUT2D eigenvalue weighted by Gasteiger charge is 2.28. The molecule has 1 aromatic rings. The zero-order chi connectivity index (χ0) is 14.9. The minimum atomic E-state index is -1.45. The molecule has 1 fully saturated rings. The maximum atomic E-state index is 13.5. The van der Waals surface area contributed by atoms with Crippen LogP contribution in [0.2, 0.25) is 0 Å². The highest BCUT2D eigenvalue weighted by molar-refractivity contribution is 5.90. The Labute approximate surface area is 114 Å². The van der Waals surface area contributed by atoms with Crippen LogP contribution in [0.4, 0.5) is 15.8 Å². The topological polar surface area (TPSA) is 92.5 Å². The van der Waals surface area contributed by atoms with E-state index in [1.54, 1.807) is 0 Å². The van der Waals surface area contributed by atoms with Crippen molar-refractivity contribution in [2.24, 2.45) is 11.8 Å². The van der Waals surface area contributed by atoms with E-state index < -0.39 is 28.0 Å². The van der Waals surface area contributed by atoms with Crippen LogP contribution in [0.25, 0.3) is 0 Å². The number of hydrogen-bond donors (Lipinski definition) is 2. The van der Waals surface area contributed by atoms with Gasteiger partial charge in [0.1, 0.15) is 11.5 Å². The number of aromatic carboxylic acids is 1. The van der Waals surface area contributed by atoms with E-state index >= 15 is 0 Å². The van der Waals surface area contributed by atoms with E-state index in [0.717, 1.165) is 18.9 Å². The maximum Gasteiger partial charge on any atom is 0.338 e. The number of nitro groups is 1. The molecule has 0 spiro atoms. The first-order chi connectivity index (χ1) is 9.40. The van der Waals surface area contributed by atoms with Crippen molar-refractivity contribution in [3.63, 3.8) is 0 Å². The van der Waals surface area contributed by atoms with Crippen LogP contribution < -0.4 is 5.32 Å². The van der Waals surface area contributed by atoms with Crippen LogP contribution in [0.1, 0.15) is 30.1 Å². The van der Waals surface area contributed by atoms with Crippen LogP contribution >= 0.6 is 0 Å². The van der Waals surface area contributed by atoms with E-state index in [0.29, 0.717) is 24.4 Å². The van der Waals surface area contributed by atoms with Gasteiger partial charge in [0.15, 0.2) is 0 Å². The third-order valence-corrected chi connectivity index (χ3v) is 3.55. The van der Waals surface area contributed by atoms with Gasteiger partial charge >= 0.3 is 5.97 Å². The highest BCUT2D eigenvalue weighted by Crippen LogP contribution is 2.37. The molecule has 0 amide bonds. The Kier molecular flexibility index (Phi) is 3.87. The van der Waals surface area contributed by atoms with Gasteiger partial charge in [-0.15, -0.1) is 0 Å². The lowest BCUT2D eigenvalue weighted by Crippen LogP contribution is -2.15. The molecular formula is C13H15FN2O4. The number of carbonyl (C=O) groups is 1. The van der Waals surface area contributed by atoms with Gasteiger partial charge in [-0.3, -0.25) is 10.1 Å². The summed E-state index contributed by atoms with van der Waals surface area (Å²) < 4.78 is 13.5. The van der Waals surface area contributed by atoms with Crippen LogP contribution in [0, 0.1) is 27.8 Å². The summed E-state index contributed by atoms with van der Waals surface area (Å²) in [6.45, 7) is 2.52. The predicted octanol–water partition coefficient (Wildman–Crippen LogP) is 2.89. The Bertz CT molecular complexity index is 558. The van der Waals surface area contributed by atoms with Crippen LogP contribution in [0.3, 0.4) is 0 Å². The van der Waals surface area contributed by atoms with Crippen molar-refractivity contribution in [3.05, 3.63) is 33.6 Å². The van der Waals surface area contributed by atoms with E-state index in [-0.39, 0.29) is 5.69 Å². The second-order valence-corrected chi connectivity index (χ2v) is 5.11. The molecule has 2 N–H and O–H groups in total. The third-order valence-electron chi connectivity index (χ3n) is 3.55. The van der Waals surface area contributed by atoms with Crippen molar-refractivity contribution >= 4 is 17.3 Å². The monoisotopic (exact) mass is 282 g/mol. The number of carboxylic acid groups (broad SMARTS) is 1. The van der Waals surface area contributed by atoms with Crippen LogP contribution in [-0.2, 0) is 0 Å². The lowest BCUT2D eigenvalue weighted by molar-refractivity contribution is -0.384. The number of anilines is 1. The van der Waals surface area contributed by atoms with Crippen molar-refractivity contribution < 1.29 is 19.2 Å². The van der Waals surface area contributed by atoms with Gasteiger partial charge < -0.3 is 10.4 Å². The Balaban J connectivity index is 2.25. The quantitative estimate of drug-likeness (QED) is 0.618. The van der Waals surface area contributed by atoms with Crippen molar-refractivity contribution in [2.75, 3.05) is 11.9 Å². The maximum absolute atomic E-state index is 13.5. The van der Waals surface area contributed by atoms with E-state index in [1.165, 1.54) is 0 Å². The number of rotatable bonds is 6. The summed E-state index contributed by atoms with van der Waals surface area (Å²) in [5.41, 5.74) is -0.978. The van der Waals surface area contributed by atoms with Crippen LogP contribution in [-0.4, -0.2) is 22.5 Å². The molecule has 0 aromatic heterocycles. The molecule has 1 aromatic carbocycles. The molecule has 2 rings (SSSR count). The molecule has 1 saturated carbocycles. The average Bonchev–Trinajstić information content (AvgIpc) is 3.20. The first kappa shape index (κ1) is 14.2. The summed E-state index contributed by atoms with van der Waals surface area (Å²) in [5, 5.41) is 22.6. The molecule has 108 valence electrons. The summed E-state index contributed by atoms with van der Waals surface area (Å²) in [6, 6.07) is 1.63. The molecule has 0 aliphatic heterocycles. The molecule has 0 heterocycles. The second kappa shape index (κ2) is 5.44. The van der Waals surface area contributed by atoms with Crippen LogP contribution in [0.15, 0.2) is 12.1 Å². The fourth-order valence-electron chi connectivity index (χ4n) is 2.12. The molecule has 0 radical (unpaired) electrons. The van der Waals surface area contributed by atoms with Crippen molar-refractivity contribution in [1.82, 2.24) is 0 Å². The molecule has 1 atom stereocenters. The normalized spacial score (nSPS) is 15.7.